The molecule has 4 aromatic rings. The van der Waals surface area contributed by atoms with Gasteiger partial charge in [-0.15, -0.1) is 0 Å². The van der Waals surface area contributed by atoms with E-state index in [0.717, 1.165) is 33.2 Å². The van der Waals surface area contributed by atoms with Gasteiger partial charge in [-0.3, -0.25) is 4.79 Å². The first-order valence-corrected chi connectivity index (χ1v) is 8.36. The quantitative estimate of drug-likeness (QED) is 0.548. The Hall–Kier alpha value is -3.67. The van der Waals surface area contributed by atoms with Crippen LogP contribution in [0, 0.1) is 5.82 Å². The number of pyridine rings is 1. The molecule has 1 amide bonds. The lowest BCUT2D eigenvalue weighted by atomic mass is 9.98. The molecule has 0 bridgehead atoms. The molecule has 0 spiro atoms. The number of fused-ring (bicyclic) bond motifs is 1. The van der Waals surface area contributed by atoms with Crippen molar-refractivity contribution in [2.24, 2.45) is 0 Å². The number of carbonyl (C=O) groups excluding carboxylic acids is 1. The molecule has 0 fully saturated rings. The maximum absolute atomic E-state index is 13.3. The summed E-state index contributed by atoms with van der Waals surface area (Å²) < 4.78 is 13.3. The third-order valence-electron chi connectivity index (χ3n) is 4.26. The highest BCUT2D eigenvalue weighted by atomic mass is 19.1. The number of halogens is 1. The second-order valence-electron chi connectivity index (χ2n) is 6.10. The van der Waals surface area contributed by atoms with Crippen molar-refractivity contribution < 1.29 is 9.18 Å². The van der Waals surface area contributed by atoms with Crippen LogP contribution < -0.4 is 5.32 Å². The summed E-state index contributed by atoms with van der Waals surface area (Å²) in [6.45, 7) is 0. The van der Waals surface area contributed by atoms with E-state index in [4.69, 9.17) is 0 Å². The Bertz CT molecular complexity index is 1100. The minimum Gasteiger partial charge on any atom is -0.313 e. The Morgan fingerprint density at radius 3 is 2.48 bits per heavy atom. The molecule has 4 rings (SSSR count). The van der Waals surface area contributed by atoms with E-state index in [2.05, 4.69) is 20.3 Å². The largest absolute Gasteiger partial charge is 0.313 e. The molecule has 2 aromatic heterocycles. The average Bonchev–Trinajstić information content (AvgIpc) is 2.69. The Morgan fingerprint density at radius 1 is 0.963 bits per heavy atom. The third-order valence-corrected chi connectivity index (χ3v) is 4.26. The summed E-state index contributed by atoms with van der Waals surface area (Å²) in [6, 6.07) is 14.0. The van der Waals surface area contributed by atoms with Crippen molar-refractivity contribution in [1.82, 2.24) is 15.0 Å². The second-order valence-corrected chi connectivity index (χ2v) is 6.10. The fourth-order valence-corrected chi connectivity index (χ4v) is 3.04. The smallest absolute Gasteiger partial charge is 0.212 e. The summed E-state index contributed by atoms with van der Waals surface area (Å²) >= 11 is 0. The predicted molar refractivity (Wildman–Crippen MR) is 102 cm³/mol. The molecule has 2 heterocycles. The van der Waals surface area contributed by atoms with Gasteiger partial charge < -0.3 is 5.32 Å². The molecule has 0 unspecified atom stereocenters. The molecule has 0 saturated heterocycles. The van der Waals surface area contributed by atoms with Crippen LogP contribution in [0.5, 0.6) is 0 Å². The van der Waals surface area contributed by atoms with Crippen LogP contribution in [0.25, 0.3) is 22.0 Å². The standard InChI is InChI=1S/C21H15FN4O/c22-17-4-2-16(3-5-17)19-9-21(25-13-27)26-20-8-14(1-6-18(19)20)7-15-10-23-12-24-11-15/h1-6,8-13H,7H2,(H,25,26,27). The molecule has 0 saturated carbocycles. The molecule has 0 atom stereocenters. The van der Waals surface area contributed by atoms with E-state index in [1.54, 1.807) is 30.6 Å². The van der Waals surface area contributed by atoms with Gasteiger partial charge in [0.1, 0.15) is 18.0 Å². The highest BCUT2D eigenvalue weighted by molar-refractivity contribution is 5.97. The van der Waals surface area contributed by atoms with Gasteiger partial charge in [0, 0.05) is 24.2 Å². The third kappa shape index (κ3) is 3.64. The SMILES string of the molecule is O=CNc1cc(-c2ccc(F)cc2)c2ccc(Cc3cncnc3)cc2n1. The number of carbonyl (C=O) groups is 1. The molecule has 0 aliphatic rings. The summed E-state index contributed by atoms with van der Waals surface area (Å²) in [5, 5.41) is 3.53. The van der Waals surface area contributed by atoms with Crippen LogP contribution in [0.15, 0.2) is 67.3 Å². The van der Waals surface area contributed by atoms with Gasteiger partial charge in [-0.2, -0.15) is 0 Å². The normalized spacial score (nSPS) is 10.7. The molecule has 0 aliphatic heterocycles. The highest BCUT2D eigenvalue weighted by Crippen LogP contribution is 2.31. The molecule has 27 heavy (non-hydrogen) atoms. The van der Waals surface area contributed by atoms with E-state index >= 15 is 0 Å². The molecule has 1 N–H and O–H groups in total. The van der Waals surface area contributed by atoms with Gasteiger partial charge >= 0.3 is 0 Å². The van der Waals surface area contributed by atoms with Gasteiger partial charge in [-0.25, -0.2) is 19.3 Å². The molecular formula is C21H15FN4O. The zero-order chi connectivity index (χ0) is 18.6. The van der Waals surface area contributed by atoms with E-state index in [1.807, 2.05) is 18.2 Å². The van der Waals surface area contributed by atoms with Crippen LogP contribution in [0.2, 0.25) is 0 Å². The van der Waals surface area contributed by atoms with Crippen molar-refractivity contribution in [1.29, 1.82) is 0 Å². The van der Waals surface area contributed by atoms with Crippen LogP contribution in [-0.2, 0) is 11.2 Å². The van der Waals surface area contributed by atoms with E-state index in [-0.39, 0.29) is 5.82 Å². The number of rotatable bonds is 5. The Kier molecular flexibility index (Phi) is 4.53. The van der Waals surface area contributed by atoms with E-state index in [0.29, 0.717) is 18.6 Å². The maximum Gasteiger partial charge on any atom is 0.212 e. The molecule has 132 valence electrons. The molecule has 0 aliphatic carbocycles. The number of amides is 1. The lowest BCUT2D eigenvalue weighted by Crippen LogP contribution is -1.99. The van der Waals surface area contributed by atoms with Crippen molar-refractivity contribution >= 4 is 23.1 Å². The molecule has 0 radical (unpaired) electrons. The number of nitrogens with one attached hydrogen (secondary N) is 1. The number of nitrogens with zero attached hydrogens (tertiary/aromatic N) is 3. The zero-order valence-corrected chi connectivity index (χ0v) is 14.3. The van der Waals surface area contributed by atoms with Crippen molar-refractivity contribution in [2.45, 2.75) is 6.42 Å². The van der Waals surface area contributed by atoms with Gasteiger partial charge in [0.05, 0.1) is 5.52 Å². The Balaban J connectivity index is 1.82. The second kappa shape index (κ2) is 7.29. The first-order valence-electron chi connectivity index (χ1n) is 8.36. The van der Waals surface area contributed by atoms with Crippen LogP contribution in [0.3, 0.4) is 0 Å². The summed E-state index contributed by atoms with van der Waals surface area (Å²) in [7, 11) is 0. The van der Waals surface area contributed by atoms with Crippen molar-refractivity contribution in [3.63, 3.8) is 0 Å². The number of anilines is 1. The minimum atomic E-state index is -0.296. The lowest BCUT2D eigenvalue weighted by molar-refractivity contribution is -0.105. The number of benzene rings is 2. The van der Waals surface area contributed by atoms with Crippen molar-refractivity contribution in [3.8, 4) is 11.1 Å². The fourth-order valence-electron chi connectivity index (χ4n) is 3.04. The number of hydrogen-bond acceptors (Lipinski definition) is 4. The fraction of sp³-hybridized carbons (Fsp3) is 0.0476. The van der Waals surface area contributed by atoms with Gasteiger partial charge in [0.2, 0.25) is 6.41 Å². The summed E-state index contributed by atoms with van der Waals surface area (Å²) in [6.07, 6.45) is 6.32. The zero-order valence-electron chi connectivity index (χ0n) is 14.3. The monoisotopic (exact) mass is 358 g/mol. The van der Waals surface area contributed by atoms with Crippen LogP contribution in [0.1, 0.15) is 11.1 Å². The maximum atomic E-state index is 13.3. The number of hydrogen-bond donors (Lipinski definition) is 1. The molecule has 2 aromatic carbocycles. The molecular weight excluding hydrogens is 343 g/mol. The predicted octanol–water partition coefficient (Wildman–Crippen LogP) is 3.99. The molecule has 5 nitrogen and oxygen atoms in total. The number of aromatic nitrogens is 3. The van der Waals surface area contributed by atoms with E-state index in [9.17, 15) is 9.18 Å². The van der Waals surface area contributed by atoms with Gasteiger partial charge in [0.15, 0.2) is 0 Å². The Labute approximate surface area is 154 Å². The Morgan fingerprint density at radius 2 is 1.74 bits per heavy atom. The van der Waals surface area contributed by atoms with Gasteiger partial charge in [-0.1, -0.05) is 24.3 Å². The van der Waals surface area contributed by atoms with Gasteiger partial charge in [-0.05, 0) is 46.5 Å². The average molecular weight is 358 g/mol. The molecule has 6 heteroatoms. The van der Waals surface area contributed by atoms with E-state index < -0.39 is 0 Å². The first-order chi connectivity index (χ1) is 13.2. The van der Waals surface area contributed by atoms with Gasteiger partial charge in [0.25, 0.3) is 0 Å². The topological polar surface area (TPSA) is 67.8 Å². The lowest BCUT2D eigenvalue weighted by Gasteiger charge is -2.11. The first kappa shape index (κ1) is 16.8. The van der Waals surface area contributed by atoms with Crippen LogP contribution in [-0.4, -0.2) is 21.4 Å². The van der Waals surface area contributed by atoms with Crippen LogP contribution >= 0.6 is 0 Å². The summed E-state index contributed by atoms with van der Waals surface area (Å²) in [4.78, 5) is 23.5. The van der Waals surface area contributed by atoms with Crippen molar-refractivity contribution in [2.75, 3.05) is 5.32 Å². The summed E-state index contributed by atoms with van der Waals surface area (Å²) in [5.41, 5.74) is 4.52. The van der Waals surface area contributed by atoms with Crippen molar-refractivity contribution in [3.05, 3.63) is 84.2 Å². The van der Waals surface area contributed by atoms with Crippen LogP contribution in [0.4, 0.5) is 10.2 Å². The minimum absolute atomic E-state index is 0.296. The van der Waals surface area contributed by atoms with E-state index in [1.165, 1.54) is 18.5 Å². The highest BCUT2D eigenvalue weighted by Gasteiger charge is 2.10. The summed E-state index contributed by atoms with van der Waals surface area (Å²) in [5.74, 6) is 0.146.